The molecule has 1 aliphatic heterocycles. The van der Waals surface area contributed by atoms with Crippen molar-refractivity contribution in [1.29, 1.82) is 0 Å². The predicted octanol–water partition coefficient (Wildman–Crippen LogP) is 4.84. The number of benzene rings is 3. The molecule has 4 aromatic rings. The Morgan fingerprint density at radius 1 is 1.12 bits per heavy atom. The summed E-state index contributed by atoms with van der Waals surface area (Å²) in [7, 11) is -1.76. The van der Waals surface area contributed by atoms with Gasteiger partial charge in [-0.05, 0) is 48.9 Å². The Morgan fingerprint density at radius 2 is 1.88 bits per heavy atom. The number of nitrogens with zero attached hydrogens (tertiary/aromatic N) is 2. The number of hydrogen-bond acceptors (Lipinski definition) is 7. The van der Waals surface area contributed by atoms with E-state index in [2.05, 4.69) is 15.0 Å². The quantitative estimate of drug-likeness (QED) is 0.306. The number of nitrogens with one attached hydrogen (secondary N) is 1. The van der Waals surface area contributed by atoms with Crippen LogP contribution in [0.3, 0.4) is 0 Å². The molecule has 12 heteroatoms. The highest BCUT2D eigenvalue weighted by Crippen LogP contribution is 2.43. The van der Waals surface area contributed by atoms with E-state index in [0.717, 1.165) is 5.56 Å². The van der Waals surface area contributed by atoms with Gasteiger partial charge in [0.1, 0.15) is 11.9 Å². The van der Waals surface area contributed by atoms with Crippen molar-refractivity contribution in [2.45, 2.75) is 44.2 Å². The molecule has 210 valence electrons. The molecule has 1 amide bonds. The molecule has 0 fully saturated rings. The molecular formula is C28H27F2N3O6S. The second-order valence-corrected chi connectivity index (χ2v) is 11.6. The second kappa shape index (κ2) is 10.5. The number of carbonyl (C=O) groups is 1. The lowest BCUT2D eigenvalue weighted by molar-refractivity contribution is -0.286. The molecule has 0 radical (unpaired) electrons. The maximum atomic E-state index is 13.7. The Balaban J connectivity index is 1.39. The van der Waals surface area contributed by atoms with Gasteiger partial charge in [0, 0.05) is 24.8 Å². The number of imidazole rings is 1. The molecule has 0 spiro atoms. The molecule has 1 aliphatic rings. The summed E-state index contributed by atoms with van der Waals surface area (Å²) in [6.07, 6.45) is -4.17. The third-order valence-corrected chi connectivity index (χ3v) is 8.46. The summed E-state index contributed by atoms with van der Waals surface area (Å²) in [6.45, 7) is 3.75. The normalized spacial score (nSPS) is 14.8. The molecule has 9 nitrogen and oxygen atoms in total. The lowest BCUT2D eigenvalue weighted by atomic mass is 10.1. The van der Waals surface area contributed by atoms with Crippen LogP contribution in [0.4, 0.5) is 8.78 Å². The van der Waals surface area contributed by atoms with Gasteiger partial charge in [-0.2, -0.15) is 0 Å². The van der Waals surface area contributed by atoms with E-state index in [1.807, 2.05) is 11.5 Å². The minimum Gasteiger partial charge on any atom is -0.395 e. The van der Waals surface area contributed by atoms with Crippen molar-refractivity contribution >= 4 is 26.8 Å². The number of sulfone groups is 1. The monoisotopic (exact) mass is 571 g/mol. The summed E-state index contributed by atoms with van der Waals surface area (Å²) in [5.41, 5.74) is 2.79. The SMILES string of the molecule is CCS(=O)(=O)c1ccc(CNC(=O)c2ccc3c(c2)nc(C(C)OC)n3Cc2cccc3c2OC(F)(F)O3)cc1. The fraction of sp³-hybridized carbons (Fsp3) is 0.286. The summed E-state index contributed by atoms with van der Waals surface area (Å²) < 4.78 is 68.1. The zero-order valence-electron chi connectivity index (χ0n) is 22.0. The van der Waals surface area contributed by atoms with Crippen LogP contribution in [-0.2, 0) is 27.7 Å². The van der Waals surface area contributed by atoms with E-state index in [0.29, 0.717) is 28.0 Å². The molecule has 2 heterocycles. The second-order valence-electron chi connectivity index (χ2n) is 9.28. The van der Waals surface area contributed by atoms with Crippen LogP contribution in [0.15, 0.2) is 65.6 Å². The van der Waals surface area contributed by atoms with Crippen LogP contribution in [-0.4, -0.2) is 43.0 Å². The van der Waals surface area contributed by atoms with E-state index < -0.39 is 22.2 Å². The van der Waals surface area contributed by atoms with E-state index in [1.165, 1.54) is 25.3 Å². The van der Waals surface area contributed by atoms with Gasteiger partial charge in [0.2, 0.25) is 0 Å². The number of para-hydroxylation sites is 1. The van der Waals surface area contributed by atoms with Crippen LogP contribution in [0.2, 0.25) is 0 Å². The summed E-state index contributed by atoms with van der Waals surface area (Å²) >= 11 is 0. The minimum absolute atomic E-state index is 0.0118. The van der Waals surface area contributed by atoms with E-state index in [4.69, 9.17) is 9.47 Å². The molecular weight excluding hydrogens is 544 g/mol. The van der Waals surface area contributed by atoms with Crippen molar-refractivity contribution in [2.24, 2.45) is 0 Å². The Labute approximate surface area is 229 Å². The van der Waals surface area contributed by atoms with Gasteiger partial charge >= 0.3 is 6.29 Å². The molecule has 1 N–H and O–H groups in total. The van der Waals surface area contributed by atoms with E-state index in [1.54, 1.807) is 49.4 Å². The number of rotatable bonds is 9. The average molecular weight is 572 g/mol. The first kappa shape index (κ1) is 27.5. The fourth-order valence-electron chi connectivity index (χ4n) is 4.46. The van der Waals surface area contributed by atoms with Gasteiger partial charge in [0.15, 0.2) is 21.3 Å². The maximum absolute atomic E-state index is 13.7. The van der Waals surface area contributed by atoms with Crippen LogP contribution in [0.25, 0.3) is 11.0 Å². The van der Waals surface area contributed by atoms with E-state index in [-0.39, 0.29) is 41.1 Å². The molecule has 1 aromatic heterocycles. The van der Waals surface area contributed by atoms with Crippen molar-refractivity contribution in [3.8, 4) is 11.5 Å². The molecule has 1 atom stereocenters. The van der Waals surface area contributed by atoms with Gasteiger partial charge in [0.05, 0.1) is 28.2 Å². The standard InChI is InChI=1S/C28H27F2N3O6S/c1-4-40(35,36)21-11-8-18(9-12-21)15-31-27(34)19-10-13-23-22(14-19)32-26(17(2)37-3)33(23)16-20-6-5-7-24-25(20)39-28(29,30)38-24/h5-14,17H,4,15-16H2,1-3H3,(H,31,34). The summed E-state index contributed by atoms with van der Waals surface area (Å²) in [4.78, 5) is 17.8. The number of aromatic nitrogens is 2. The zero-order valence-corrected chi connectivity index (χ0v) is 22.8. The molecule has 1 unspecified atom stereocenters. The highest BCUT2D eigenvalue weighted by atomic mass is 32.2. The van der Waals surface area contributed by atoms with Crippen LogP contribution >= 0.6 is 0 Å². The highest BCUT2D eigenvalue weighted by Gasteiger charge is 2.44. The number of methoxy groups -OCH3 is 1. The molecule has 40 heavy (non-hydrogen) atoms. The Kier molecular flexibility index (Phi) is 7.23. The van der Waals surface area contributed by atoms with Crippen LogP contribution in [0, 0.1) is 0 Å². The smallest absolute Gasteiger partial charge is 0.395 e. The predicted molar refractivity (Wildman–Crippen MR) is 142 cm³/mol. The minimum atomic E-state index is -3.74. The topological polar surface area (TPSA) is 109 Å². The average Bonchev–Trinajstić information content (AvgIpc) is 3.47. The van der Waals surface area contributed by atoms with E-state index >= 15 is 0 Å². The first-order valence-corrected chi connectivity index (χ1v) is 14.2. The van der Waals surface area contributed by atoms with Gasteiger partial charge in [-0.1, -0.05) is 31.2 Å². The van der Waals surface area contributed by atoms with Gasteiger partial charge in [0.25, 0.3) is 5.91 Å². The van der Waals surface area contributed by atoms with Crippen LogP contribution in [0.5, 0.6) is 11.5 Å². The van der Waals surface area contributed by atoms with Crippen molar-refractivity contribution < 1.29 is 36.2 Å². The van der Waals surface area contributed by atoms with Crippen molar-refractivity contribution in [1.82, 2.24) is 14.9 Å². The number of carbonyl (C=O) groups excluding carboxylic acids is 1. The number of hydrogen-bond donors (Lipinski definition) is 1. The van der Waals surface area contributed by atoms with Gasteiger partial charge in [-0.3, -0.25) is 4.79 Å². The Bertz CT molecular complexity index is 1690. The molecule has 0 saturated carbocycles. The first-order chi connectivity index (χ1) is 19.0. The Morgan fingerprint density at radius 3 is 2.58 bits per heavy atom. The van der Waals surface area contributed by atoms with Gasteiger partial charge in [-0.25, -0.2) is 13.4 Å². The van der Waals surface area contributed by atoms with Crippen molar-refractivity contribution in [3.05, 3.63) is 83.2 Å². The number of amides is 1. The lowest BCUT2D eigenvalue weighted by Gasteiger charge is -2.15. The van der Waals surface area contributed by atoms with Gasteiger partial charge < -0.3 is 24.1 Å². The highest BCUT2D eigenvalue weighted by molar-refractivity contribution is 7.91. The number of halogens is 2. The summed E-state index contributed by atoms with van der Waals surface area (Å²) in [5, 5.41) is 2.83. The maximum Gasteiger partial charge on any atom is 0.586 e. The van der Waals surface area contributed by atoms with Crippen LogP contribution < -0.4 is 14.8 Å². The third kappa shape index (κ3) is 5.36. The summed E-state index contributed by atoms with van der Waals surface area (Å²) in [5.74, 6) is 0.130. The van der Waals surface area contributed by atoms with Crippen molar-refractivity contribution in [3.63, 3.8) is 0 Å². The molecule has 3 aromatic carbocycles. The largest absolute Gasteiger partial charge is 0.586 e. The number of alkyl halides is 2. The molecule has 0 bridgehead atoms. The first-order valence-electron chi connectivity index (χ1n) is 12.5. The molecule has 0 saturated heterocycles. The Hall–Kier alpha value is -4.03. The molecule has 5 rings (SSSR count). The van der Waals surface area contributed by atoms with E-state index in [9.17, 15) is 22.0 Å². The fourth-order valence-corrected chi connectivity index (χ4v) is 5.34. The van der Waals surface area contributed by atoms with Gasteiger partial charge in [-0.15, -0.1) is 8.78 Å². The number of fused-ring (bicyclic) bond motifs is 2. The lowest BCUT2D eigenvalue weighted by Crippen LogP contribution is -2.26. The summed E-state index contributed by atoms with van der Waals surface area (Å²) in [6, 6.07) is 16.1. The van der Waals surface area contributed by atoms with Crippen LogP contribution in [0.1, 0.15) is 47.3 Å². The molecule has 0 aliphatic carbocycles. The third-order valence-electron chi connectivity index (χ3n) is 6.71. The number of ether oxygens (including phenoxy) is 3. The van der Waals surface area contributed by atoms with Crippen molar-refractivity contribution in [2.75, 3.05) is 12.9 Å². The zero-order chi connectivity index (χ0) is 28.7.